The number of nitrogen functional groups attached to an aromatic ring is 1. The summed E-state index contributed by atoms with van der Waals surface area (Å²) in [7, 11) is 3.09. The van der Waals surface area contributed by atoms with Crippen LogP contribution in [0, 0.1) is 0 Å². The second kappa shape index (κ2) is 9.63. The zero-order chi connectivity index (χ0) is 26.1. The second-order valence-electron chi connectivity index (χ2n) is 10.5. The molecule has 1 aliphatic rings. The number of carbonyl (C=O) groups is 2. The van der Waals surface area contributed by atoms with Crippen LogP contribution in [0.4, 0.5) is 16.6 Å². The molecule has 1 saturated heterocycles. The summed E-state index contributed by atoms with van der Waals surface area (Å²) in [5.41, 5.74) is 5.68. The number of piperazine rings is 1. The second-order valence-corrected chi connectivity index (χ2v) is 10.5. The van der Waals surface area contributed by atoms with E-state index in [1.54, 1.807) is 47.1 Å². The van der Waals surface area contributed by atoms with Crippen molar-refractivity contribution in [1.82, 2.24) is 20.2 Å². The first-order chi connectivity index (χ1) is 16.2. The van der Waals surface area contributed by atoms with Gasteiger partial charge in [0.2, 0.25) is 11.9 Å². The first kappa shape index (κ1) is 26.1. The van der Waals surface area contributed by atoms with Crippen molar-refractivity contribution in [3.05, 3.63) is 12.1 Å². The van der Waals surface area contributed by atoms with Crippen molar-refractivity contribution in [3.8, 4) is 11.5 Å². The Hall–Kier alpha value is -3.50. The predicted octanol–water partition coefficient (Wildman–Crippen LogP) is 2.57. The summed E-state index contributed by atoms with van der Waals surface area (Å²) in [6.07, 6.45) is -0.540. The number of rotatable bonds is 4. The SMILES string of the molecule is COc1cc2nc(N3CCN(C(=O)OC(C)(C)C)C(C(=O)NC(C)(C)C)C3)nc(N)c2cc1OC. The zero-order valence-corrected chi connectivity index (χ0v) is 21.8. The number of nitrogens with one attached hydrogen (secondary N) is 1. The van der Waals surface area contributed by atoms with Gasteiger partial charge in [-0.15, -0.1) is 0 Å². The fourth-order valence-electron chi connectivity index (χ4n) is 3.79. The molecular formula is C24H36N6O5. The topological polar surface area (TPSA) is 132 Å². The summed E-state index contributed by atoms with van der Waals surface area (Å²) in [4.78, 5) is 38.6. The van der Waals surface area contributed by atoms with Crippen LogP contribution >= 0.6 is 0 Å². The number of nitrogens with zero attached hydrogens (tertiary/aromatic N) is 4. The maximum atomic E-state index is 13.2. The molecule has 35 heavy (non-hydrogen) atoms. The third kappa shape index (κ3) is 6.14. The number of nitrogens with two attached hydrogens (primary N) is 1. The van der Waals surface area contributed by atoms with Gasteiger partial charge in [-0.1, -0.05) is 0 Å². The van der Waals surface area contributed by atoms with Crippen molar-refractivity contribution in [2.75, 3.05) is 44.5 Å². The summed E-state index contributed by atoms with van der Waals surface area (Å²) in [5.74, 6) is 1.39. The number of benzene rings is 1. The largest absolute Gasteiger partial charge is 0.493 e. The number of hydrogen-bond donors (Lipinski definition) is 2. The van der Waals surface area contributed by atoms with Crippen LogP contribution in [-0.2, 0) is 9.53 Å². The standard InChI is InChI=1S/C24H36N6O5/c1-23(2,3)28-20(31)16-13-29(9-10-30(16)22(32)35-24(4,5)6)21-26-15-12-18(34-8)17(33-7)11-14(15)19(25)27-21/h11-12,16H,9-10,13H2,1-8H3,(H,28,31)(H2,25,26,27). The summed E-state index contributed by atoms with van der Waals surface area (Å²) in [6.45, 7) is 11.9. The molecule has 0 aliphatic carbocycles. The predicted molar refractivity (Wildman–Crippen MR) is 134 cm³/mol. The maximum absolute atomic E-state index is 13.2. The Balaban J connectivity index is 1.96. The highest BCUT2D eigenvalue weighted by atomic mass is 16.6. The molecule has 1 aromatic carbocycles. The summed E-state index contributed by atoms with van der Waals surface area (Å²) in [6, 6.07) is 2.66. The maximum Gasteiger partial charge on any atom is 0.411 e. The van der Waals surface area contributed by atoms with Gasteiger partial charge >= 0.3 is 6.09 Å². The molecule has 0 spiro atoms. The molecule has 0 bridgehead atoms. The van der Waals surface area contributed by atoms with Gasteiger partial charge in [-0.05, 0) is 47.6 Å². The molecule has 192 valence electrons. The van der Waals surface area contributed by atoms with E-state index in [0.717, 1.165) is 0 Å². The van der Waals surface area contributed by atoms with Crippen molar-refractivity contribution >= 4 is 34.7 Å². The monoisotopic (exact) mass is 488 g/mol. The van der Waals surface area contributed by atoms with E-state index in [1.807, 2.05) is 25.7 Å². The van der Waals surface area contributed by atoms with Gasteiger partial charge in [-0.2, -0.15) is 4.98 Å². The lowest BCUT2D eigenvalue weighted by Crippen LogP contribution is -2.63. The fraction of sp³-hybridized carbons (Fsp3) is 0.583. The minimum atomic E-state index is -0.802. The highest BCUT2D eigenvalue weighted by Gasteiger charge is 2.39. The van der Waals surface area contributed by atoms with Crippen molar-refractivity contribution in [1.29, 1.82) is 0 Å². The Morgan fingerprint density at radius 2 is 1.66 bits per heavy atom. The lowest BCUT2D eigenvalue weighted by atomic mass is 10.1. The highest BCUT2D eigenvalue weighted by molar-refractivity contribution is 5.92. The summed E-state index contributed by atoms with van der Waals surface area (Å²) >= 11 is 0. The molecule has 2 heterocycles. The lowest BCUT2D eigenvalue weighted by molar-refractivity contribution is -0.128. The molecule has 2 amide bonds. The molecule has 3 rings (SSSR count). The normalized spacial score (nSPS) is 16.7. The van der Waals surface area contributed by atoms with Crippen LogP contribution in [0.2, 0.25) is 0 Å². The minimum absolute atomic E-state index is 0.180. The summed E-state index contributed by atoms with van der Waals surface area (Å²) < 4.78 is 16.3. The molecule has 2 aromatic rings. The highest BCUT2D eigenvalue weighted by Crippen LogP contribution is 2.34. The van der Waals surface area contributed by atoms with Crippen LogP contribution in [0.25, 0.3) is 10.9 Å². The molecule has 0 saturated carbocycles. The first-order valence-electron chi connectivity index (χ1n) is 11.5. The Morgan fingerprint density at radius 3 is 2.23 bits per heavy atom. The van der Waals surface area contributed by atoms with Crippen LogP contribution < -0.4 is 25.4 Å². The number of fused-ring (bicyclic) bond motifs is 1. The smallest absolute Gasteiger partial charge is 0.411 e. The van der Waals surface area contributed by atoms with E-state index in [0.29, 0.717) is 34.9 Å². The number of anilines is 2. The Kier molecular flexibility index (Phi) is 7.18. The van der Waals surface area contributed by atoms with E-state index in [-0.39, 0.29) is 24.8 Å². The van der Waals surface area contributed by atoms with Gasteiger partial charge in [-0.3, -0.25) is 9.69 Å². The van der Waals surface area contributed by atoms with E-state index < -0.39 is 23.3 Å². The van der Waals surface area contributed by atoms with E-state index in [9.17, 15) is 9.59 Å². The summed E-state index contributed by atoms with van der Waals surface area (Å²) in [5, 5.41) is 3.59. The average molecular weight is 489 g/mol. The number of amides is 2. The van der Waals surface area contributed by atoms with Crippen LogP contribution in [0.3, 0.4) is 0 Å². The number of carbonyl (C=O) groups excluding carboxylic acids is 2. The zero-order valence-electron chi connectivity index (χ0n) is 21.8. The molecule has 1 unspecified atom stereocenters. The van der Waals surface area contributed by atoms with Crippen LogP contribution in [0.1, 0.15) is 41.5 Å². The third-order valence-electron chi connectivity index (χ3n) is 5.31. The van der Waals surface area contributed by atoms with Gasteiger partial charge in [0, 0.05) is 30.1 Å². The number of hydrogen-bond acceptors (Lipinski definition) is 9. The molecule has 11 heteroatoms. The van der Waals surface area contributed by atoms with Crippen LogP contribution in [0.15, 0.2) is 12.1 Å². The third-order valence-corrected chi connectivity index (χ3v) is 5.31. The lowest BCUT2D eigenvalue weighted by Gasteiger charge is -2.41. The van der Waals surface area contributed by atoms with Gasteiger partial charge in [0.1, 0.15) is 17.5 Å². The van der Waals surface area contributed by atoms with E-state index >= 15 is 0 Å². The van der Waals surface area contributed by atoms with Crippen molar-refractivity contribution < 1.29 is 23.8 Å². The molecule has 1 fully saturated rings. The fourth-order valence-corrected chi connectivity index (χ4v) is 3.79. The number of methoxy groups -OCH3 is 2. The van der Waals surface area contributed by atoms with Gasteiger partial charge < -0.3 is 30.2 Å². The van der Waals surface area contributed by atoms with E-state index in [4.69, 9.17) is 19.9 Å². The van der Waals surface area contributed by atoms with E-state index in [1.165, 1.54) is 4.90 Å². The van der Waals surface area contributed by atoms with Crippen LogP contribution in [0.5, 0.6) is 11.5 Å². The Bertz CT molecular complexity index is 1110. The average Bonchev–Trinajstić information content (AvgIpc) is 2.75. The molecule has 1 aliphatic heterocycles. The van der Waals surface area contributed by atoms with Gasteiger partial charge in [0.15, 0.2) is 11.5 Å². The molecular weight excluding hydrogens is 452 g/mol. The van der Waals surface area contributed by atoms with Crippen molar-refractivity contribution in [3.63, 3.8) is 0 Å². The minimum Gasteiger partial charge on any atom is -0.493 e. The Labute approximate surface area is 205 Å². The van der Waals surface area contributed by atoms with E-state index in [2.05, 4.69) is 15.3 Å². The number of ether oxygens (including phenoxy) is 3. The number of aromatic nitrogens is 2. The molecule has 0 radical (unpaired) electrons. The molecule has 11 nitrogen and oxygen atoms in total. The molecule has 3 N–H and O–H groups in total. The molecule has 1 aromatic heterocycles. The van der Waals surface area contributed by atoms with Crippen molar-refractivity contribution in [2.45, 2.75) is 58.7 Å². The van der Waals surface area contributed by atoms with Crippen molar-refractivity contribution in [2.24, 2.45) is 0 Å². The first-order valence-corrected chi connectivity index (χ1v) is 11.5. The van der Waals surface area contributed by atoms with Crippen LogP contribution in [-0.4, -0.2) is 77.9 Å². The van der Waals surface area contributed by atoms with Gasteiger partial charge in [0.05, 0.1) is 26.3 Å². The Morgan fingerprint density at radius 1 is 1.03 bits per heavy atom. The molecule has 1 atom stereocenters. The van der Waals surface area contributed by atoms with Gasteiger partial charge in [-0.25, -0.2) is 9.78 Å². The quantitative estimate of drug-likeness (QED) is 0.666. The van der Waals surface area contributed by atoms with Gasteiger partial charge in [0.25, 0.3) is 0 Å².